The molecule has 6 heteroatoms. The van der Waals surface area contributed by atoms with Gasteiger partial charge in [-0.1, -0.05) is 212 Å². The zero-order valence-electron chi connectivity index (χ0n) is 49.4. The third-order valence-corrected chi connectivity index (χ3v) is 19.3. The van der Waals surface area contributed by atoms with Crippen molar-refractivity contribution in [3.8, 4) is 44.9 Å². The van der Waals surface area contributed by atoms with Crippen LogP contribution in [0.5, 0.6) is 11.5 Å². The molecule has 2 aliphatic carbocycles. The maximum absolute atomic E-state index is 7.04. The predicted octanol–water partition coefficient (Wildman–Crippen LogP) is 23.8. The van der Waals surface area contributed by atoms with E-state index in [1.165, 1.54) is 33.4 Å². The molecular weight excluding hydrogens is 1110 g/mol. The van der Waals surface area contributed by atoms with Gasteiger partial charge in [0, 0.05) is 44.3 Å². The molecule has 428 valence electrons. The Morgan fingerprint density at radius 2 is 0.868 bits per heavy atom. The van der Waals surface area contributed by atoms with Gasteiger partial charge in [0.25, 0.3) is 0 Å². The number of rotatable bonds is 9. The zero-order chi connectivity index (χ0) is 59.7. The molecule has 0 fully saturated rings. The number of hydrogen-bond acceptors (Lipinski definition) is 6. The van der Waals surface area contributed by atoms with E-state index in [1.54, 1.807) is 0 Å². The molecule has 0 amide bonds. The van der Waals surface area contributed by atoms with E-state index >= 15 is 0 Å². The van der Waals surface area contributed by atoms with Gasteiger partial charge in [-0.05, 0) is 177 Å². The van der Waals surface area contributed by atoms with Gasteiger partial charge in [-0.3, -0.25) is 0 Å². The SMILES string of the molecule is C1=CC2=C(CC1)c1ccccc1C21c2cc(-c3cc(N(c4ccc(-c5ccccc5)cc4)c4cccc5c4oc4ccccc45)cc(N(c4ccc(-c5ccccc5)cc4)c4cccc5c4oc4ccccc45)c3)ccc2N2c3ccccc3Oc3cccc1c32. The number of benzene rings is 13. The summed E-state index contributed by atoms with van der Waals surface area (Å²) in [6.07, 6.45) is 6.76. The molecule has 6 nitrogen and oxygen atoms in total. The average molecular weight is 1170 g/mol. The van der Waals surface area contributed by atoms with Gasteiger partial charge in [-0.15, -0.1) is 0 Å². The van der Waals surface area contributed by atoms with Crippen LogP contribution in [0.3, 0.4) is 0 Å². The van der Waals surface area contributed by atoms with Crippen LogP contribution < -0.4 is 19.4 Å². The molecule has 1 atom stereocenters. The van der Waals surface area contributed by atoms with E-state index in [1.807, 2.05) is 12.1 Å². The van der Waals surface area contributed by atoms with Crippen molar-refractivity contribution in [3.05, 3.63) is 337 Å². The average Bonchev–Trinajstić information content (AvgIpc) is 1.63. The Morgan fingerprint density at radius 3 is 1.52 bits per heavy atom. The molecule has 19 rings (SSSR count). The van der Waals surface area contributed by atoms with Crippen LogP contribution in [0.2, 0.25) is 0 Å². The van der Waals surface area contributed by atoms with E-state index in [9.17, 15) is 0 Å². The van der Waals surface area contributed by atoms with Gasteiger partial charge >= 0.3 is 0 Å². The maximum Gasteiger partial charge on any atom is 0.159 e. The molecule has 4 heterocycles. The molecule has 2 aliphatic heterocycles. The molecule has 4 aliphatic rings. The van der Waals surface area contributed by atoms with Crippen molar-refractivity contribution in [1.29, 1.82) is 0 Å². The fourth-order valence-corrected chi connectivity index (χ4v) is 15.4. The first-order valence-electron chi connectivity index (χ1n) is 31.3. The zero-order valence-corrected chi connectivity index (χ0v) is 49.4. The second kappa shape index (κ2) is 20.1. The Balaban J connectivity index is 0.912. The lowest BCUT2D eigenvalue weighted by Crippen LogP contribution is -2.38. The second-order valence-corrected chi connectivity index (χ2v) is 24.2. The largest absolute Gasteiger partial charge is 0.454 e. The fraction of sp³-hybridized carbons (Fsp3) is 0.0353. The summed E-state index contributed by atoms with van der Waals surface area (Å²) in [6, 6.07) is 108. The highest BCUT2D eigenvalue weighted by Crippen LogP contribution is 2.68. The highest BCUT2D eigenvalue weighted by atomic mass is 16.5. The Bertz CT molecular complexity index is 5310. The van der Waals surface area contributed by atoms with Crippen molar-refractivity contribution in [1.82, 2.24) is 0 Å². The molecule has 0 saturated heterocycles. The standard InChI is InChI=1S/C85H55N3O3/c1-3-20-54(21-4-1)56-40-45-60(46-41-56)86(76-34-17-28-68-66-26-9-14-36-78(66)90-83(68)76)62-50-59(51-63(53-62)87(61-47-42-57(43-48-61)55-22-5-2-6-23-55)77-35-18-29-69-67-27-10-15-37-79(67)91-84(69)77)58-44-49-74-73(52-58)85(70-30-11-7-24-64(70)65-25-8-12-31-71(65)85)72-32-19-39-81-82(72)88(74)75-33-13-16-38-80(75)89-81/h1-7,9-24,26-53H,8,25H2. The molecular formula is C85H55N3O3. The summed E-state index contributed by atoms with van der Waals surface area (Å²) in [5.41, 5.74) is 25.8. The van der Waals surface area contributed by atoms with Crippen molar-refractivity contribution in [2.75, 3.05) is 14.7 Å². The minimum absolute atomic E-state index is 0.681. The molecule has 0 saturated carbocycles. The molecule has 13 aromatic carbocycles. The lowest BCUT2D eigenvalue weighted by atomic mass is 9.63. The number of furan rings is 2. The van der Waals surface area contributed by atoms with Gasteiger partial charge in [-0.2, -0.15) is 0 Å². The maximum atomic E-state index is 7.04. The predicted molar refractivity (Wildman–Crippen MR) is 373 cm³/mol. The van der Waals surface area contributed by atoms with E-state index < -0.39 is 5.41 Å². The molecule has 1 unspecified atom stereocenters. The van der Waals surface area contributed by atoms with E-state index in [-0.39, 0.29) is 0 Å². The third-order valence-electron chi connectivity index (χ3n) is 19.3. The lowest BCUT2D eigenvalue weighted by molar-refractivity contribution is 0.473. The normalized spacial score (nSPS) is 15.0. The van der Waals surface area contributed by atoms with Crippen molar-refractivity contribution in [2.24, 2.45) is 0 Å². The van der Waals surface area contributed by atoms with Crippen molar-refractivity contribution in [3.63, 3.8) is 0 Å². The minimum atomic E-state index is -0.681. The molecule has 0 radical (unpaired) electrons. The number of nitrogens with zero attached hydrogens (tertiary/aromatic N) is 3. The number of fused-ring (bicyclic) bond motifs is 16. The highest BCUT2D eigenvalue weighted by molar-refractivity contribution is 6.12. The van der Waals surface area contributed by atoms with E-state index in [4.69, 9.17) is 13.6 Å². The summed E-state index contributed by atoms with van der Waals surface area (Å²) in [6.45, 7) is 0. The first-order chi connectivity index (χ1) is 45.1. The number of hydrogen-bond donors (Lipinski definition) is 0. The van der Waals surface area contributed by atoms with Gasteiger partial charge < -0.3 is 28.3 Å². The van der Waals surface area contributed by atoms with Crippen LogP contribution in [0.15, 0.2) is 324 Å². The number of allylic oxidation sites excluding steroid dienone is 4. The summed E-state index contributed by atoms with van der Waals surface area (Å²) in [4.78, 5) is 7.25. The van der Waals surface area contributed by atoms with Crippen LogP contribution in [-0.4, -0.2) is 0 Å². The lowest BCUT2D eigenvalue weighted by Gasteiger charge is -2.47. The summed E-state index contributed by atoms with van der Waals surface area (Å²) < 4.78 is 21.0. The van der Waals surface area contributed by atoms with Crippen molar-refractivity contribution in [2.45, 2.75) is 18.3 Å². The molecule has 0 N–H and O–H groups in total. The van der Waals surface area contributed by atoms with E-state index in [0.717, 1.165) is 153 Å². The van der Waals surface area contributed by atoms with Crippen molar-refractivity contribution < 1.29 is 13.6 Å². The third kappa shape index (κ3) is 7.73. The van der Waals surface area contributed by atoms with E-state index in [2.05, 4.69) is 312 Å². The fourth-order valence-electron chi connectivity index (χ4n) is 15.4. The molecule has 15 aromatic rings. The smallest absolute Gasteiger partial charge is 0.159 e. The highest BCUT2D eigenvalue weighted by Gasteiger charge is 2.54. The second-order valence-electron chi connectivity index (χ2n) is 24.2. The summed E-state index contributed by atoms with van der Waals surface area (Å²) >= 11 is 0. The van der Waals surface area contributed by atoms with Gasteiger partial charge in [-0.25, -0.2) is 0 Å². The quantitative estimate of drug-likeness (QED) is 0.144. The first-order valence-corrected chi connectivity index (χ1v) is 31.3. The monoisotopic (exact) mass is 1170 g/mol. The Hall–Kier alpha value is -11.9. The summed E-state index contributed by atoms with van der Waals surface area (Å²) in [7, 11) is 0. The van der Waals surface area contributed by atoms with Gasteiger partial charge in [0.2, 0.25) is 0 Å². The molecule has 91 heavy (non-hydrogen) atoms. The van der Waals surface area contributed by atoms with Gasteiger partial charge in [0.1, 0.15) is 11.2 Å². The summed E-state index contributed by atoms with van der Waals surface area (Å²) in [5, 5.41) is 4.22. The van der Waals surface area contributed by atoms with Crippen LogP contribution in [0.4, 0.5) is 51.2 Å². The van der Waals surface area contributed by atoms with Crippen LogP contribution >= 0.6 is 0 Å². The van der Waals surface area contributed by atoms with Gasteiger partial charge in [0.15, 0.2) is 22.7 Å². The first kappa shape index (κ1) is 51.2. The Kier molecular flexibility index (Phi) is 11.3. The molecule has 0 bridgehead atoms. The van der Waals surface area contributed by atoms with Crippen molar-refractivity contribution >= 4 is 101 Å². The minimum Gasteiger partial charge on any atom is -0.454 e. The van der Waals surface area contributed by atoms with E-state index in [0.29, 0.717) is 0 Å². The molecule has 2 aromatic heterocycles. The van der Waals surface area contributed by atoms with Crippen LogP contribution in [0, 0.1) is 0 Å². The topological polar surface area (TPSA) is 45.2 Å². The van der Waals surface area contributed by atoms with Crippen LogP contribution in [0.25, 0.3) is 82.8 Å². The van der Waals surface area contributed by atoms with Crippen LogP contribution in [-0.2, 0) is 5.41 Å². The Labute approximate surface area is 526 Å². The van der Waals surface area contributed by atoms with Gasteiger partial charge in [0.05, 0.1) is 33.9 Å². The van der Waals surface area contributed by atoms with Crippen LogP contribution in [0.1, 0.15) is 35.1 Å². The number of ether oxygens (including phenoxy) is 1. The summed E-state index contributed by atoms with van der Waals surface area (Å²) in [5.74, 6) is 1.68. The molecule has 1 spiro atoms. The Morgan fingerprint density at radius 1 is 0.352 bits per heavy atom. The number of para-hydroxylation sites is 7. The number of anilines is 9.